The fourth-order valence-corrected chi connectivity index (χ4v) is 2.55. The molecule has 1 aliphatic rings. The highest BCUT2D eigenvalue weighted by Crippen LogP contribution is 2.35. The maximum atomic E-state index is 13.1. The number of carbonyl (C=O) groups is 1. The number of aromatic nitrogens is 2. The maximum absolute atomic E-state index is 13.1. The van der Waals surface area contributed by atoms with Crippen LogP contribution in [-0.2, 0) is 17.5 Å². The molecule has 1 heterocycles. The second kappa shape index (κ2) is 8.67. The number of amides is 1. The summed E-state index contributed by atoms with van der Waals surface area (Å²) in [7, 11) is 0. The van der Waals surface area contributed by atoms with Gasteiger partial charge in [-0.05, 0) is 43.5 Å². The van der Waals surface area contributed by atoms with E-state index in [0.29, 0.717) is 5.69 Å². The number of alkyl halides is 3. The molecule has 1 aliphatic carbocycles. The number of benzene rings is 1. The lowest BCUT2D eigenvalue weighted by molar-refractivity contribution is -0.137. The van der Waals surface area contributed by atoms with Crippen molar-refractivity contribution in [1.82, 2.24) is 9.97 Å². The van der Waals surface area contributed by atoms with Crippen LogP contribution >= 0.6 is 0 Å². The number of halogens is 3. The zero-order chi connectivity index (χ0) is 21.0. The summed E-state index contributed by atoms with van der Waals surface area (Å²) in [6, 6.07) is 7.12. The van der Waals surface area contributed by atoms with Crippen LogP contribution in [-0.4, -0.2) is 21.9 Å². The fourth-order valence-electron chi connectivity index (χ4n) is 2.55. The van der Waals surface area contributed by atoms with Crippen molar-refractivity contribution < 1.29 is 18.0 Å². The summed E-state index contributed by atoms with van der Waals surface area (Å²) in [5.74, 6) is -0.0182. The first-order valence-electron chi connectivity index (χ1n) is 9.60. The lowest BCUT2D eigenvalue weighted by Gasteiger charge is -2.14. The Morgan fingerprint density at radius 3 is 2.45 bits per heavy atom. The third-order valence-electron chi connectivity index (χ3n) is 4.73. The molecule has 156 valence electrons. The van der Waals surface area contributed by atoms with Crippen LogP contribution in [0.15, 0.2) is 30.5 Å². The average molecular weight is 407 g/mol. The predicted octanol–water partition coefficient (Wildman–Crippen LogP) is 4.67. The van der Waals surface area contributed by atoms with Crippen LogP contribution in [0.3, 0.4) is 0 Å². The van der Waals surface area contributed by atoms with Gasteiger partial charge in [-0.2, -0.15) is 13.2 Å². The zero-order valence-corrected chi connectivity index (χ0v) is 16.3. The first-order chi connectivity index (χ1) is 13.8. The molecule has 0 spiro atoms. The molecule has 3 N–H and O–H groups in total. The number of hydrogen-bond acceptors (Lipinski definition) is 5. The molecular formula is C20H24F3N5O. The van der Waals surface area contributed by atoms with Crippen molar-refractivity contribution in [3.8, 4) is 0 Å². The number of hydrogen-bond donors (Lipinski definition) is 3. The first-order valence-corrected chi connectivity index (χ1v) is 9.60. The van der Waals surface area contributed by atoms with E-state index in [-0.39, 0.29) is 36.1 Å². The monoisotopic (exact) mass is 407 g/mol. The summed E-state index contributed by atoms with van der Waals surface area (Å²) in [5.41, 5.74) is 0.573. The van der Waals surface area contributed by atoms with Crippen LogP contribution in [0, 0.1) is 5.92 Å². The Morgan fingerprint density at radius 2 is 1.86 bits per heavy atom. The largest absolute Gasteiger partial charge is 0.421 e. The Morgan fingerprint density at radius 1 is 1.21 bits per heavy atom. The van der Waals surface area contributed by atoms with Crippen molar-refractivity contribution in [2.75, 3.05) is 16.0 Å². The predicted molar refractivity (Wildman–Crippen MR) is 106 cm³/mol. The zero-order valence-electron chi connectivity index (χ0n) is 16.3. The van der Waals surface area contributed by atoms with Crippen LogP contribution in [0.25, 0.3) is 0 Å². The van der Waals surface area contributed by atoms with Gasteiger partial charge in [-0.25, -0.2) is 9.97 Å². The quantitative estimate of drug-likeness (QED) is 0.593. The van der Waals surface area contributed by atoms with Gasteiger partial charge in [-0.15, -0.1) is 0 Å². The van der Waals surface area contributed by atoms with E-state index < -0.39 is 11.7 Å². The van der Waals surface area contributed by atoms with Gasteiger partial charge in [0, 0.05) is 29.5 Å². The third kappa shape index (κ3) is 5.82. The average Bonchev–Trinajstić information content (AvgIpc) is 3.50. The maximum Gasteiger partial charge on any atom is 0.421 e. The van der Waals surface area contributed by atoms with Crippen molar-refractivity contribution in [3.63, 3.8) is 0 Å². The lowest BCUT2D eigenvalue weighted by atomic mass is 10.1. The Kier molecular flexibility index (Phi) is 6.24. The number of rotatable bonds is 8. The van der Waals surface area contributed by atoms with Gasteiger partial charge in [-0.3, -0.25) is 4.79 Å². The molecule has 0 aliphatic heterocycles. The third-order valence-corrected chi connectivity index (χ3v) is 4.73. The minimum absolute atomic E-state index is 0.0398. The van der Waals surface area contributed by atoms with Crippen molar-refractivity contribution in [2.24, 2.45) is 5.92 Å². The highest BCUT2D eigenvalue weighted by Gasteiger charge is 2.36. The van der Waals surface area contributed by atoms with Gasteiger partial charge in [-0.1, -0.05) is 13.8 Å². The van der Waals surface area contributed by atoms with Crippen LogP contribution in [0.5, 0.6) is 0 Å². The van der Waals surface area contributed by atoms with Crippen LogP contribution in [0.1, 0.15) is 44.5 Å². The summed E-state index contributed by atoms with van der Waals surface area (Å²) in [6.45, 7) is 3.99. The van der Waals surface area contributed by atoms with E-state index in [1.807, 2.05) is 13.8 Å². The first kappa shape index (κ1) is 20.9. The molecule has 6 nitrogen and oxygen atoms in total. The normalized spacial score (nSPS) is 14.9. The Hall–Kier alpha value is -2.84. The second-order valence-electron chi connectivity index (χ2n) is 7.19. The molecule has 3 rings (SSSR count). The number of carbonyl (C=O) groups excluding carboxylic acids is 1. The Bertz CT molecular complexity index is 850. The smallest absolute Gasteiger partial charge is 0.378 e. The van der Waals surface area contributed by atoms with Crippen molar-refractivity contribution in [3.05, 3.63) is 41.9 Å². The van der Waals surface area contributed by atoms with E-state index in [0.717, 1.165) is 31.1 Å². The van der Waals surface area contributed by atoms with Crippen LogP contribution < -0.4 is 16.0 Å². The summed E-state index contributed by atoms with van der Waals surface area (Å²) in [5, 5.41) is 8.75. The lowest BCUT2D eigenvalue weighted by Crippen LogP contribution is -2.19. The summed E-state index contributed by atoms with van der Waals surface area (Å²) in [4.78, 5) is 19.8. The fraction of sp³-hybridized carbons (Fsp3) is 0.450. The number of anilines is 3. The van der Waals surface area contributed by atoms with Gasteiger partial charge < -0.3 is 16.0 Å². The van der Waals surface area contributed by atoms with E-state index in [9.17, 15) is 18.0 Å². The van der Waals surface area contributed by atoms with Gasteiger partial charge in [0.05, 0.1) is 6.54 Å². The summed E-state index contributed by atoms with van der Waals surface area (Å²) >= 11 is 0. The molecule has 1 aromatic heterocycles. The molecular weight excluding hydrogens is 383 g/mol. The van der Waals surface area contributed by atoms with Gasteiger partial charge in [0.25, 0.3) is 0 Å². The molecule has 2 aromatic rings. The molecule has 1 amide bonds. The summed E-state index contributed by atoms with van der Waals surface area (Å²) < 4.78 is 39.4. The molecule has 0 saturated heterocycles. The SMILES string of the molecule is CCC(C)C(=O)Nc1ccc(NCc2ncc(C(F)(F)F)c(NC3CC3)n2)cc1. The van der Waals surface area contributed by atoms with Crippen molar-refractivity contribution in [1.29, 1.82) is 0 Å². The molecule has 1 atom stereocenters. The highest BCUT2D eigenvalue weighted by atomic mass is 19.4. The second-order valence-corrected chi connectivity index (χ2v) is 7.19. The van der Waals surface area contributed by atoms with Gasteiger partial charge >= 0.3 is 6.18 Å². The minimum atomic E-state index is -4.50. The minimum Gasteiger partial charge on any atom is -0.378 e. The standard InChI is InChI=1S/C20H24F3N5O/c1-3-12(2)19(29)27-15-6-4-13(5-7-15)24-11-17-25-10-16(20(21,22)23)18(28-17)26-14-8-9-14/h4-7,10,12,14,24H,3,8-9,11H2,1-2H3,(H,27,29)(H,25,26,28). The highest BCUT2D eigenvalue weighted by molar-refractivity contribution is 5.92. The number of nitrogens with zero attached hydrogens (tertiary/aromatic N) is 2. The van der Waals surface area contributed by atoms with Gasteiger partial charge in [0.2, 0.25) is 5.91 Å². The molecule has 9 heteroatoms. The molecule has 0 radical (unpaired) electrons. The Labute approximate surface area is 167 Å². The molecule has 29 heavy (non-hydrogen) atoms. The van der Waals surface area contributed by atoms with Gasteiger partial charge in [0.1, 0.15) is 17.2 Å². The van der Waals surface area contributed by atoms with Gasteiger partial charge in [0.15, 0.2) is 0 Å². The van der Waals surface area contributed by atoms with Crippen molar-refractivity contribution >= 4 is 23.1 Å². The van der Waals surface area contributed by atoms with Crippen molar-refractivity contribution in [2.45, 2.75) is 51.9 Å². The number of nitrogens with one attached hydrogen (secondary N) is 3. The van der Waals surface area contributed by atoms with E-state index >= 15 is 0 Å². The topological polar surface area (TPSA) is 78.9 Å². The molecule has 1 fully saturated rings. The van der Waals surface area contributed by atoms with E-state index in [1.54, 1.807) is 24.3 Å². The van der Waals surface area contributed by atoms with E-state index in [2.05, 4.69) is 25.9 Å². The van der Waals surface area contributed by atoms with E-state index in [1.165, 1.54) is 0 Å². The molecule has 0 bridgehead atoms. The van der Waals surface area contributed by atoms with E-state index in [4.69, 9.17) is 0 Å². The van der Waals surface area contributed by atoms with Crippen LogP contribution in [0.2, 0.25) is 0 Å². The molecule has 1 aromatic carbocycles. The summed E-state index contributed by atoms with van der Waals surface area (Å²) in [6.07, 6.45) is -1.24. The van der Waals surface area contributed by atoms with Crippen LogP contribution in [0.4, 0.5) is 30.4 Å². The Balaban J connectivity index is 1.62. The molecule has 1 saturated carbocycles. The molecule has 1 unspecified atom stereocenters.